The van der Waals surface area contributed by atoms with Crippen molar-refractivity contribution in [2.24, 2.45) is 0 Å². The molecule has 1 aliphatic heterocycles. The van der Waals surface area contributed by atoms with Gasteiger partial charge in [-0.15, -0.1) is 11.3 Å². The number of carbonyl (C=O) groups excluding carboxylic acids is 1. The number of rotatable bonds is 1. The molecule has 0 radical (unpaired) electrons. The van der Waals surface area contributed by atoms with Crippen LogP contribution in [0.5, 0.6) is 0 Å². The molecule has 16 heavy (non-hydrogen) atoms. The van der Waals surface area contributed by atoms with Gasteiger partial charge in [0.2, 0.25) is 0 Å². The number of halogens is 2. The van der Waals surface area contributed by atoms with E-state index in [1.807, 2.05) is 11.0 Å². The minimum absolute atomic E-state index is 0.114. The minimum Gasteiger partial charge on any atom is -0.333 e. The molecule has 1 aliphatic rings. The number of amides is 1. The average Bonchev–Trinajstić information content (AvgIpc) is 2.58. The molecule has 1 saturated heterocycles. The lowest BCUT2D eigenvalue weighted by Crippen LogP contribution is -2.52. The van der Waals surface area contributed by atoms with Gasteiger partial charge in [0.25, 0.3) is 5.91 Å². The van der Waals surface area contributed by atoms with Gasteiger partial charge in [-0.05, 0) is 44.8 Å². The van der Waals surface area contributed by atoms with Gasteiger partial charge in [-0.1, -0.05) is 0 Å². The molecule has 1 amide bonds. The van der Waals surface area contributed by atoms with Crippen molar-refractivity contribution >= 4 is 49.1 Å². The molecule has 1 N–H and O–H groups in total. The molecule has 1 aromatic heterocycles. The van der Waals surface area contributed by atoms with E-state index in [0.717, 1.165) is 32.8 Å². The Hall–Kier alpha value is 0.0900. The summed E-state index contributed by atoms with van der Waals surface area (Å²) in [7, 11) is 0. The van der Waals surface area contributed by atoms with Crippen molar-refractivity contribution in [3.05, 3.63) is 19.2 Å². The summed E-state index contributed by atoms with van der Waals surface area (Å²) in [5, 5.41) is 3.28. The third-order valence-corrected chi connectivity index (χ3v) is 4.99. The zero-order chi connectivity index (χ0) is 11.7. The van der Waals surface area contributed by atoms with E-state index in [1.165, 1.54) is 11.3 Å². The smallest absolute Gasteiger partial charge is 0.256 e. The number of nitrogens with one attached hydrogen (secondary N) is 1. The Morgan fingerprint density at radius 3 is 2.94 bits per heavy atom. The summed E-state index contributed by atoms with van der Waals surface area (Å²) < 4.78 is 1.88. The van der Waals surface area contributed by atoms with Crippen molar-refractivity contribution in [2.45, 2.75) is 13.0 Å². The van der Waals surface area contributed by atoms with Crippen LogP contribution < -0.4 is 5.32 Å². The quantitative estimate of drug-likeness (QED) is 0.827. The Labute approximate surface area is 115 Å². The predicted molar refractivity (Wildman–Crippen MR) is 73.1 cm³/mol. The third kappa shape index (κ3) is 2.50. The lowest BCUT2D eigenvalue weighted by atomic mass is 10.2. The van der Waals surface area contributed by atoms with Crippen LogP contribution in [0, 0.1) is 0 Å². The van der Waals surface area contributed by atoms with Crippen molar-refractivity contribution in [3.63, 3.8) is 0 Å². The van der Waals surface area contributed by atoms with Crippen LogP contribution in [0.15, 0.2) is 13.6 Å². The van der Waals surface area contributed by atoms with Gasteiger partial charge in [0.05, 0.1) is 13.1 Å². The first-order chi connectivity index (χ1) is 7.59. The predicted octanol–water partition coefficient (Wildman–Crippen LogP) is 2.71. The molecule has 3 nitrogen and oxygen atoms in total. The molecule has 0 aliphatic carbocycles. The van der Waals surface area contributed by atoms with Gasteiger partial charge >= 0.3 is 0 Å². The van der Waals surface area contributed by atoms with Gasteiger partial charge in [-0.25, -0.2) is 0 Å². The summed E-state index contributed by atoms with van der Waals surface area (Å²) in [6, 6.07) is 2.14. The van der Waals surface area contributed by atoms with Gasteiger partial charge in [0.15, 0.2) is 0 Å². The highest BCUT2D eigenvalue weighted by Crippen LogP contribution is 2.32. The third-order valence-electron chi connectivity index (χ3n) is 2.65. The lowest BCUT2D eigenvalue weighted by molar-refractivity contribution is 0.0655. The SMILES string of the molecule is C[C@H]1CNCCN1C(=O)c1cc(Br)sc1Br. The highest BCUT2D eigenvalue weighted by Gasteiger charge is 2.26. The maximum absolute atomic E-state index is 12.3. The number of hydrogen-bond donors (Lipinski definition) is 1. The maximum atomic E-state index is 12.3. The molecule has 2 heterocycles. The highest BCUT2D eigenvalue weighted by atomic mass is 79.9. The summed E-state index contributed by atoms with van der Waals surface area (Å²) in [6.45, 7) is 4.59. The molecule has 2 rings (SSSR count). The Kier molecular flexibility index (Phi) is 4.05. The van der Waals surface area contributed by atoms with Crippen LogP contribution in [0.1, 0.15) is 17.3 Å². The Morgan fingerprint density at radius 2 is 2.38 bits per heavy atom. The number of hydrogen-bond acceptors (Lipinski definition) is 3. The van der Waals surface area contributed by atoms with Gasteiger partial charge in [0, 0.05) is 25.7 Å². The van der Waals surface area contributed by atoms with E-state index in [1.54, 1.807) is 0 Å². The second-order valence-electron chi connectivity index (χ2n) is 3.79. The van der Waals surface area contributed by atoms with Gasteiger partial charge in [0.1, 0.15) is 0 Å². The highest BCUT2D eigenvalue weighted by molar-refractivity contribution is 9.12. The fourth-order valence-electron chi connectivity index (χ4n) is 1.78. The average molecular weight is 368 g/mol. The molecule has 88 valence electrons. The van der Waals surface area contributed by atoms with Crippen LogP contribution in [0.3, 0.4) is 0 Å². The normalized spacial score (nSPS) is 21.2. The van der Waals surface area contributed by atoms with Crippen molar-refractivity contribution in [1.29, 1.82) is 0 Å². The van der Waals surface area contributed by atoms with Crippen LogP contribution in [-0.2, 0) is 0 Å². The van der Waals surface area contributed by atoms with Crippen LogP contribution in [0.2, 0.25) is 0 Å². The first-order valence-corrected chi connectivity index (χ1v) is 7.46. The van der Waals surface area contributed by atoms with E-state index in [0.29, 0.717) is 0 Å². The molecule has 0 saturated carbocycles. The molecular weight excluding hydrogens is 356 g/mol. The van der Waals surface area contributed by atoms with Crippen LogP contribution >= 0.6 is 43.2 Å². The fourth-order valence-corrected chi connectivity index (χ4v) is 4.56. The summed E-state index contributed by atoms with van der Waals surface area (Å²) in [5.41, 5.74) is 0.755. The molecule has 0 aromatic carbocycles. The number of thiophene rings is 1. The van der Waals surface area contributed by atoms with Crippen LogP contribution in [-0.4, -0.2) is 36.5 Å². The maximum Gasteiger partial charge on any atom is 0.256 e. The first kappa shape index (κ1) is 12.5. The van der Waals surface area contributed by atoms with Crippen molar-refractivity contribution in [1.82, 2.24) is 10.2 Å². The van der Waals surface area contributed by atoms with Crippen LogP contribution in [0.4, 0.5) is 0 Å². The minimum atomic E-state index is 0.114. The molecular formula is C10H12Br2N2OS. The molecule has 0 bridgehead atoms. The summed E-state index contributed by atoms with van der Waals surface area (Å²) >= 11 is 8.36. The van der Waals surface area contributed by atoms with Crippen molar-refractivity contribution in [2.75, 3.05) is 19.6 Å². The number of carbonyl (C=O) groups is 1. The zero-order valence-corrected chi connectivity index (χ0v) is 12.8. The first-order valence-electron chi connectivity index (χ1n) is 5.06. The van der Waals surface area contributed by atoms with Crippen molar-refractivity contribution < 1.29 is 4.79 Å². The van der Waals surface area contributed by atoms with Gasteiger partial charge < -0.3 is 10.2 Å². The van der Waals surface area contributed by atoms with E-state index in [4.69, 9.17) is 0 Å². The molecule has 1 aromatic rings. The van der Waals surface area contributed by atoms with Crippen LogP contribution in [0.25, 0.3) is 0 Å². The summed E-state index contributed by atoms with van der Waals surface area (Å²) in [6.07, 6.45) is 0. The van der Waals surface area contributed by atoms with E-state index in [9.17, 15) is 4.79 Å². The monoisotopic (exact) mass is 366 g/mol. The molecule has 0 spiro atoms. The molecule has 1 atom stereocenters. The Morgan fingerprint density at radius 1 is 1.62 bits per heavy atom. The Balaban J connectivity index is 2.21. The fraction of sp³-hybridized carbons (Fsp3) is 0.500. The largest absolute Gasteiger partial charge is 0.333 e. The van der Waals surface area contributed by atoms with E-state index in [-0.39, 0.29) is 11.9 Å². The topological polar surface area (TPSA) is 32.3 Å². The second-order valence-corrected chi connectivity index (χ2v) is 7.54. The standard InChI is InChI=1S/C10H12Br2N2OS/c1-6-5-13-2-3-14(6)10(15)7-4-8(11)16-9(7)12/h4,6,13H,2-3,5H2,1H3/t6-/m0/s1. The summed E-state index contributed by atoms with van der Waals surface area (Å²) in [5.74, 6) is 0.114. The van der Waals surface area contributed by atoms with Gasteiger partial charge in [-0.2, -0.15) is 0 Å². The van der Waals surface area contributed by atoms with Gasteiger partial charge in [-0.3, -0.25) is 4.79 Å². The Bertz CT molecular complexity index is 408. The zero-order valence-electron chi connectivity index (χ0n) is 8.80. The van der Waals surface area contributed by atoms with E-state index < -0.39 is 0 Å². The van der Waals surface area contributed by atoms with E-state index >= 15 is 0 Å². The number of nitrogens with zero attached hydrogens (tertiary/aromatic N) is 1. The molecule has 1 fully saturated rings. The lowest BCUT2D eigenvalue weighted by Gasteiger charge is -2.33. The summed E-state index contributed by atoms with van der Waals surface area (Å²) in [4.78, 5) is 14.2. The van der Waals surface area contributed by atoms with Crippen molar-refractivity contribution in [3.8, 4) is 0 Å². The number of piperazine rings is 1. The molecule has 6 heteroatoms. The van der Waals surface area contributed by atoms with E-state index in [2.05, 4.69) is 44.1 Å². The second kappa shape index (κ2) is 5.16. The molecule has 0 unspecified atom stereocenters.